The number of aliphatic hydroxyl groups is 2. The predicted molar refractivity (Wildman–Crippen MR) is 88.3 cm³/mol. The maximum atomic E-state index is 10.7. The van der Waals surface area contributed by atoms with Crippen LogP contribution < -0.4 is 0 Å². The van der Waals surface area contributed by atoms with E-state index in [1.807, 2.05) is 0 Å². The van der Waals surface area contributed by atoms with Gasteiger partial charge >= 0.3 is 0 Å². The molecule has 4 aliphatic carbocycles. The molecule has 126 valence electrons. The van der Waals surface area contributed by atoms with Crippen molar-refractivity contribution in [3.05, 3.63) is 0 Å². The topological polar surface area (TPSA) is 40.5 Å². The van der Waals surface area contributed by atoms with E-state index in [1.54, 1.807) is 0 Å². The molecule has 0 saturated heterocycles. The van der Waals surface area contributed by atoms with E-state index in [0.717, 1.165) is 36.5 Å². The predicted octanol–water partition coefficient (Wildman–Crippen LogP) is 4.00. The minimum atomic E-state index is -0.0860. The smallest absolute Gasteiger partial charge is 0.0622 e. The minimum absolute atomic E-state index is 0.0446. The van der Waals surface area contributed by atoms with Gasteiger partial charge in [-0.3, -0.25) is 0 Å². The lowest BCUT2D eigenvalue weighted by Gasteiger charge is -2.60. The Bertz CT molecular complexity index is 449. The summed E-state index contributed by atoms with van der Waals surface area (Å²) in [4.78, 5) is 0. The van der Waals surface area contributed by atoms with Gasteiger partial charge in [-0.2, -0.15) is 0 Å². The van der Waals surface area contributed by atoms with Crippen LogP contribution in [-0.2, 0) is 0 Å². The van der Waals surface area contributed by atoms with Gasteiger partial charge in [-0.25, -0.2) is 0 Å². The average Bonchev–Trinajstić information content (AvgIpc) is 2.72. The van der Waals surface area contributed by atoms with Crippen molar-refractivity contribution >= 4 is 0 Å². The molecule has 0 radical (unpaired) electrons. The molecule has 4 aliphatic rings. The Morgan fingerprint density at radius 3 is 2.32 bits per heavy atom. The summed E-state index contributed by atoms with van der Waals surface area (Å²) in [5, 5.41) is 20.8. The molecule has 0 aromatic carbocycles. The first kappa shape index (κ1) is 15.4. The summed E-state index contributed by atoms with van der Waals surface area (Å²) in [6.07, 6.45) is 9.57. The van der Waals surface area contributed by atoms with Gasteiger partial charge in [0.15, 0.2) is 0 Å². The van der Waals surface area contributed by atoms with E-state index in [-0.39, 0.29) is 17.6 Å². The second-order valence-electron chi connectivity index (χ2n) is 9.79. The van der Waals surface area contributed by atoms with Gasteiger partial charge in [0, 0.05) is 0 Å². The van der Waals surface area contributed by atoms with Gasteiger partial charge in [0.05, 0.1) is 12.2 Å². The summed E-state index contributed by atoms with van der Waals surface area (Å²) >= 11 is 0. The third-order valence-electron chi connectivity index (χ3n) is 8.92. The number of aliphatic hydroxyl groups excluding tert-OH is 2. The quantitative estimate of drug-likeness (QED) is 0.710. The van der Waals surface area contributed by atoms with Gasteiger partial charge in [-0.15, -0.1) is 0 Å². The van der Waals surface area contributed by atoms with Crippen LogP contribution in [0.1, 0.15) is 72.1 Å². The Morgan fingerprint density at radius 1 is 0.818 bits per heavy atom. The molecule has 0 spiro atoms. The van der Waals surface area contributed by atoms with Crippen LogP contribution in [0.3, 0.4) is 0 Å². The lowest BCUT2D eigenvalue weighted by molar-refractivity contribution is -0.134. The summed E-state index contributed by atoms with van der Waals surface area (Å²) in [5.74, 6) is 3.63. The summed E-state index contributed by atoms with van der Waals surface area (Å²) in [7, 11) is 0. The van der Waals surface area contributed by atoms with Gasteiger partial charge in [0.25, 0.3) is 0 Å². The van der Waals surface area contributed by atoms with Gasteiger partial charge in [-0.05, 0) is 91.8 Å². The van der Waals surface area contributed by atoms with Crippen LogP contribution in [0.4, 0.5) is 0 Å². The molecule has 0 aromatic heterocycles. The number of fused-ring (bicyclic) bond motifs is 5. The highest BCUT2D eigenvalue weighted by Gasteiger charge is 2.61. The molecule has 0 bridgehead atoms. The molecule has 4 fully saturated rings. The van der Waals surface area contributed by atoms with Crippen LogP contribution >= 0.6 is 0 Å². The number of hydrogen-bond donors (Lipinski definition) is 2. The molecule has 4 saturated carbocycles. The summed E-state index contributed by atoms with van der Waals surface area (Å²) in [6.45, 7) is 7.17. The van der Waals surface area contributed by atoms with Crippen LogP contribution in [0.5, 0.6) is 0 Å². The summed E-state index contributed by atoms with van der Waals surface area (Å²) in [6, 6.07) is 0. The number of hydrogen-bond acceptors (Lipinski definition) is 2. The van der Waals surface area contributed by atoms with Crippen LogP contribution in [-0.4, -0.2) is 22.4 Å². The molecular formula is C20H34O2. The Kier molecular flexibility index (Phi) is 3.48. The van der Waals surface area contributed by atoms with E-state index < -0.39 is 0 Å². The molecule has 0 aromatic rings. The highest BCUT2D eigenvalue weighted by Crippen LogP contribution is 2.66. The van der Waals surface area contributed by atoms with Gasteiger partial charge in [0.1, 0.15) is 0 Å². The van der Waals surface area contributed by atoms with Crippen molar-refractivity contribution in [3.8, 4) is 0 Å². The molecule has 0 heterocycles. The maximum Gasteiger partial charge on any atom is 0.0622 e. The Labute approximate surface area is 135 Å². The highest BCUT2D eigenvalue weighted by molar-refractivity contribution is 5.10. The van der Waals surface area contributed by atoms with Crippen LogP contribution in [0.25, 0.3) is 0 Å². The zero-order valence-electron chi connectivity index (χ0n) is 14.6. The molecule has 2 N–H and O–H groups in total. The van der Waals surface area contributed by atoms with Crippen molar-refractivity contribution in [2.24, 2.45) is 40.4 Å². The highest BCUT2D eigenvalue weighted by atomic mass is 16.3. The largest absolute Gasteiger partial charge is 0.393 e. The van der Waals surface area contributed by atoms with Crippen molar-refractivity contribution in [2.75, 3.05) is 0 Å². The lowest BCUT2D eigenvalue weighted by atomic mass is 9.45. The second-order valence-corrected chi connectivity index (χ2v) is 9.79. The van der Waals surface area contributed by atoms with Crippen molar-refractivity contribution in [1.82, 2.24) is 0 Å². The first-order chi connectivity index (χ1) is 10.4. The van der Waals surface area contributed by atoms with Gasteiger partial charge in [-0.1, -0.05) is 20.8 Å². The van der Waals surface area contributed by atoms with Crippen molar-refractivity contribution in [2.45, 2.75) is 84.3 Å². The fourth-order valence-corrected chi connectivity index (χ4v) is 7.57. The van der Waals surface area contributed by atoms with E-state index in [2.05, 4.69) is 20.8 Å². The van der Waals surface area contributed by atoms with Crippen molar-refractivity contribution in [1.29, 1.82) is 0 Å². The Hall–Kier alpha value is -0.0800. The second kappa shape index (κ2) is 4.96. The maximum absolute atomic E-state index is 10.7. The fourth-order valence-electron chi connectivity index (χ4n) is 7.57. The van der Waals surface area contributed by atoms with E-state index in [4.69, 9.17) is 0 Å². The van der Waals surface area contributed by atoms with E-state index >= 15 is 0 Å². The van der Waals surface area contributed by atoms with Gasteiger partial charge in [0.2, 0.25) is 0 Å². The molecular weight excluding hydrogens is 272 g/mol. The first-order valence-corrected chi connectivity index (χ1v) is 9.72. The summed E-state index contributed by atoms with van der Waals surface area (Å²) < 4.78 is 0. The third kappa shape index (κ3) is 1.92. The van der Waals surface area contributed by atoms with E-state index in [1.165, 1.54) is 38.5 Å². The Morgan fingerprint density at radius 2 is 1.55 bits per heavy atom. The molecule has 0 aliphatic heterocycles. The average molecular weight is 306 g/mol. The summed E-state index contributed by atoms with van der Waals surface area (Å²) in [5.41, 5.74) is 0.637. The van der Waals surface area contributed by atoms with Crippen LogP contribution in [0.15, 0.2) is 0 Å². The molecule has 2 heteroatoms. The first-order valence-electron chi connectivity index (χ1n) is 9.72. The molecule has 22 heavy (non-hydrogen) atoms. The molecule has 9 atom stereocenters. The third-order valence-corrected chi connectivity index (χ3v) is 8.92. The molecule has 0 amide bonds. The Balaban J connectivity index is 1.63. The monoisotopic (exact) mass is 306 g/mol. The van der Waals surface area contributed by atoms with Crippen LogP contribution in [0, 0.1) is 40.4 Å². The zero-order chi connectivity index (χ0) is 15.7. The fraction of sp³-hybridized carbons (Fsp3) is 1.00. The van der Waals surface area contributed by atoms with Crippen molar-refractivity contribution in [3.63, 3.8) is 0 Å². The standard InChI is InChI=1S/C20H34O2/c1-12-10-17-15-5-4-13-11-14(21)6-8-19(13,2)16(15)7-9-20(17,3)18(12)22/h12-18,21-22H,4-11H2,1-3H3/t12-,13+,14+,15-,16+,17+,18+,19+,20+/m1/s1. The van der Waals surface area contributed by atoms with E-state index in [9.17, 15) is 10.2 Å². The minimum Gasteiger partial charge on any atom is -0.393 e. The van der Waals surface area contributed by atoms with E-state index in [0.29, 0.717) is 11.3 Å². The normalized spacial score (nSPS) is 61.2. The number of rotatable bonds is 0. The molecule has 2 nitrogen and oxygen atoms in total. The molecule has 4 rings (SSSR count). The lowest BCUT2D eigenvalue weighted by Crippen LogP contribution is -2.54. The zero-order valence-corrected chi connectivity index (χ0v) is 14.6. The molecule has 0 unspecified atom stereocenters. The van der Waals surface area contributed by atoms with Crippen LogP contribution in [0.2, 0.25) is 0 Å². The van der Waals surface area contributed by atoms with Gasteiger partial charge < -0.3 is 10.2 Å². The van der Waals surface area contributed by atoms with Crippen molar-refractivity contribution < 1.29 is 10.2 Å². The SMILES string of the molecule is C[C@@H]1C[C@H]2[C@@H]3CC[C@H]4C[C@@H](O)CC[C@]4(C)[C@H]3CC[C@]2(C)[C@H]1O.